The molecule has 0 aliphatic rings. The van der Waals surface area contributed by atoms with Crippen LogP contribution < -0.4 is 5.32 Å². The summed E-state index contributed by atoms with van der Waals surface area (Å²) in [6.07, 6.45) is 0. The zero-order valence-electron chi connectivity index (χ0n) is 10.1. The molecule has 0 radical (unpaired) electrons. The predicted molar refractivity (Wildman–Crippen MR) is 67.7 cm³/mol. The Morgan fingerprint density at radius 3 is 2.72 bits per heavy atom. The van der Waals surface area contributed by atoms with E-state index >= 15 is 0 Å². The van der Waals surface area contributed by atoms with Crippen molar-refractivity contribution in [2.75, 3.05) is 5.32 Å². The molecule has 1 heterocycles. The minimum absolute atomic E-state index is 0.263. The maximum absolute atomic E-state index is 13.4. The highest BCUT2D eigenvalue weighted by molar-refractivity contribution is 7.09. The molecule has 0 atom stereocenters. The van der Waals surface area contributed by atoms with Gasteiger partial charge >= 0.3 is 0 Å². The minimum atomic E-state index is -0.575. The Hall–Kier alpha value is -1.56. The zero-order chi connectivity index (χ0) is 13.1. The Labute approximate surface area is 108 Å². The van der Waals surface area contributed by atoms with Gasteiger partial charge in [0.2, 0.25) is 5.13 Å². The topological polar surface area (TPSA) is 37.8 Å². The smallest absolute Gasteiger partial charge is 0.202 e. The molecule has 18 heavy (non-hydrogen) atoms. The normalized spacial score (nSPS) is 10.9. The van der Waals surface area contributed by atoms with E-state index in [9.17, 15) is 8.78 Å². The molecule has 6 heteroatoms. The highest BCUT2D eigenvalue weighted by atomic mass is 32.1. The van der Waals surface area contributed by atoms with Crippen LogP contribution in [0.15, 0.2) is 18.2 Å². The minimum Gasteiger partial charge on any atom is -0.356 e. The van der Waals surface area contributed by atoms with E-state index in [0.717, 1.165) is 11.9 Å². The van der Waals surface area contributed by atoms with Crippen LogP contribution in [0.1, 0.15) is 31.2 Å². The molecular formula is C12H13F2N3S. The van der Waals surface area contributed by atoms with Crippen molar-refractivity contribution in [3.63, 3.8) is 0 Å². The molecule has 0 amide bonds. The van der Waals surface area contributed by atoms with E-state index in [1.165, 1.54) is 23.7 Å². The number of halogens is 2. The Morgan fingerprint density at radius 2 is 2.11 bits per heavy atom. The van der Waals surface area contributed by atoms with E-state index in [1.54, 1.807) is 0 Å². The van der Waals surface area contributed by atoms with Gasteiger partial charge in [-0.25, -0.2) is 13.8 Å². The van der Waals surface area contributed by atoms with E-state index in [1.807, 2.05) is 13.8 Å². The third-order valence-electron chi connectivity index (χ3n) is 2.40. The van der Waals surface area contributed by atoms with Gasteiger partial charge in [0.15, 0.2) is 0 Å². The summed E-state index contributed by atoms with van der Waals surface area (Å²) in [7, 11) is 0. The van der Waals surface area contributed by atoms with Crippen molar-refractivity contribution in [3.05, 3.63) is 41.2 Å². The van der Waals surface area contributed by atoms with Gasteiger partial charge in [0.1, 0.15) is 17.5 Å². The number of benzene rings is 1. The molecule has 1 N–H and O–H groups in total. The maximum atomic E-state index is 13.4. The number of rotatable bonds is 4. The largest absolute Gasteiger partial charge is 0.356 e. The summed E-state index contributed by atoms with van der Waals surface area (Å²) in [5, 5.41) is 3.62. The summed E-state index contributed by atoms with van der Waals surface area (Å²) in [6, 6.07) is 3.53. The molecule has 0 aliphatic carbocycles. The maximum Gasteiger partial charge on any atom is 0.202 e. The monoisotopic (exact) mass is 269 g/mol. The van der Waals surface area contributed by atoms with Crippen LogP contribution in [0.3, 0.4) is 0 Å². The van der Waals surface area contributed by atoms with Gasteiger partial charge < -0.3 is 5.32 Å². The quantitative estimate of drug-likeness (QED) is 0.922. The molecule has 0 bridgehead atoms. The van der Waals surface area contributed by atoms with Gasteiger partial charge in [-0.3, -0.25) is 0 Å². The van der Waals surface area contributed by atoms with Crippen LogP contribution in [0.4, 0.5) is 13.9 Å². The summed E-state index contributed by atoms with van der Waals surface area (Å²) in [6.45, 7) is 4.27. The average molecular weight is 269 g/mol. The summed E-state index contributed by atoms with van der Waals surface area (Å²) >= 11 is 1.24. The molecule has 1 aromatic carbocycles. The molecule has 1 aromatic heterocycles. The fraction of sp³-hybridized carbons (Fsp3) is 0.333. The molecule has 96 valence electrons. The molecule has 0 spiro atoms. The Balaban J connectivity index is 2.02. The fourth-order valence-corrected chi connectivity index (χ4v) is 2.08. The summed E-state index contributed by atoms with van der Waals surface area (Å²) in [4.78, 5) is 4.27. The van der Waals surface area contributed by atoms with Crippen LogP contribution in [0.5, 0.6) is 0 Å². The number of anilines is 1. The molecule has 3 nitrogen and oxygen atoms in total. The zero-order valence-corrected chi connectivity index (χ0v) is 10.9. The van der Waals surface area contributed by atoms with Gasteiger partial charge in [0, 0.05) is 35.6 Å². The first kappa shape index (κ1) is 12.9. The second-order valence-corrected chi connectivity index (χ2v) is 4.95. The van der Waals surface area contributed by atoms with Crippen LogP contribution in [0, 0.1) is 11.6 Å². The van der Waals surface area contributed by atoms with Crippen molar-refractivity contribution in [2.24, 2.45) is 0 Å². The lowest BCUT2D eigenvalue weighted by Gasteiger charge is -2.04. The second kappa shape index (κ2) is 5.39. The van der Waals surface area contributed by atoms with Crippen molar-refractivity contribution < 1.29 is 8.78 Å². The van der Waals surface area contributed by atoms with Crippen molar-refractivity contribution in [1.29, 1.82) is 0 Å². The Bertz CT molecular complexity index is 540. The van der Waals surface area contributed by atoms with Crippen molar-refractivity contribution >= 4 is 16.7 Å². The molecule has 2 rings (SSSR count). The van der Waals surface area contributed by atoms with Gasteiger partial charge in [-0.1, -0.05) is 19.9 Å². The van der Waals surface area contributed by atoms with E-state index in [2.05, 4.69) is 14.7 Å². The van der Waals surface area contributed by atoms with Crippen LogP contribution in [-0.2, 0) is 6.54 Å². The van der Waals surface area contributed by atoms with Gasteiger partial charge in [-0.2, -0.15) is 4.37 Å². The third kappa shape index (κ3) is 3.01. The van der Waals surface area contributed by atoms with E-state index in [4.69, 9.17) is 0 Å². The lowest BCUT2D eigenvalue weighted by Crippen LogP contribution is -2.02. The van der Waals surface area contributed by atoms with Gasteiger partial charge in [-0.05, 0) is 6.07 Å². The van der Waals surface area contributed by atoms with Crippen LogP contribution >= 0.6 is 11.5 Å². The SMILES string of the molecule is CC(C)c1nsc(NCc2ccc(F)cc2F)n1. The first-order valence-corrected chi connectivity index (χ1v) is 6.35. The number of hydrogen-bond donors (Lipinski definition) is 1. The van der Waals surface area contributed by atoms with E-state index in [-0.39, 0.29) is 12.5 Å². The molecule has 0 aliphatic heterocycles. The molecular weight excluding hydrogens is 256 g/mol. The molecule has 0 fully saturated rings. The summed E-state index contributed by atoms with van der Waals surface area (Å²) in [5.74, 6) is -0.105. The highest BCUT2D eigenvalue weighted by Crippen LogP contribution is 2.18. The van der Waals surface area contributed by atoms with Gasteiger partial charge in [-0.15, -0.1) is 0 Å². The highest BCUT2D eigenvalue weighted by Gasteiger charge is 2.08. The lowest BCUT2D eigenvalue weighted by molar-refractivity contribution is 0.574. The van der Waals surface area contributed by atoms with Crippen LogP contribution in [-0.4, -0.2) is 9.36 Å². The number of nitrogens with zero attached hydrogens (tertiary/aromatic N) is 2. The number of hydrogen-bond acceptors (Lipinski definition) is 4. The second-order valence-electron chi connectivity index (χ2n) is 4.20. The van der Waals surface area contributed by atoms with E-state index < -0.39 is 11.6 Å². The van der Waals surface area contributed by atoms with Gasteiger partial charge in [0.25, 0.3) is 0 Å². The Kier molecular flexibility index (Phi) is 3.86. The fourth-order valence-electron chi connectivity index (χ4n) is 1.38. The first-order chi connectivity index (χ1) is 8.56. The predicted octanol–water partition coefficient (Wildman–Crippen LogP) is 3.55. The molecule has 0 saturated carbocycles. The molecule has 0 unspecified atom stereocenters. The lowest BCUT2D eigenvalue weighted by atomic mass is 10.2. The van der Waals surface area contributed by atoms with Crippen LogP contribution in [0.25, 0.3) is 0 Å². The first-order valence-electron chi connectivity index (χ1n) is 5.57. The molecule has 0 saturated heterocycles. The molecule has 2 aromatic rings. The number of aromatic nitrogens is 2. The van der Waals surface area contributed by atoms with Gasteiger partial charge in [0.05, 0.1) is 0 Å². The van der Waals surface area contributed by atoms with Crippen LogP contribution in [0.2, 0.25) is 0 Å². The average Bonchev–Trinajstić information content (AvgIpc) is 2.76. The van der Waals surface area contributed by atoms with Crippen molar-refractivity contribution in [2.45, 2.75) is 26.3 Å². The summed E-state index contributed by atoms with van der Waals surface area (Å²) in [5.41, 5.74) is 0.401. The summed E-state index contributed by atoms with van der Waals surface area (Å²) < 4.78 is 30.3. The van der Waals surface area contributed by atoms with E-state index in [0.29, 0.717) is 10.7 Å². The standard InChI is InChI=1S/C12H13F2N3S/c1-7(2)11-16-12(18-17-11)15-6-8-3-4-9(13)5-10(8)14/h3-5,7H,6H2,1-2H3,(H,15,16,17). The van der Waals surface area contributed by atoms with Crippen molar-refractivity contribution in [3.8, 4) is 0 Å². The Morgan fingerprint density at radius 1 is 1.33 bits per heavy atom. The van der Waals surface area contributed by atoms with Crippen molar-refractivity contribution in [1.82, 2.24) is 9.36 Å². The number of nitrogens with one attached hydrogen (secondary N) is 1. The third-order valence-corrected chi connectivity index (χ3v) is 3.09.